The quantitative estimate of drug-likeness (QED) is 0.620. The third kappa shape index (κ3) is 4.74. The van der Waals surface area contributed by atoms with E-state index in [9.17, 15) is 4.79 Å². The van der Waals surface area contributed by atoms with Crippen molar-refractivity contribution in [3.8, 4) is 0 Å². The van der Waals surface area contributed by atoms with E-state index in [1.807, 2.05) is 24.3 Å². The average Bonchev–Trinajstić information content (AvgIpc) is 2.86. The zero-order valence-electron chi connectivity index (χ0n) is 14.7. The van der Waals surface area contributed by atoms with Crippen molar-refractivity contribution in [3.63, 3.8) is 0 Å². The van der Waals surface area contributed by atoms with Gasteiger partial charge in [0.1, 0.15) is 0 Å². The average molecular weight is 347 g/mol. The maximum absolute atomic E-state index is 12.1. The Morgan fingerprint density at radius 2 is 1.92 bits per heavy atom. The number of nitrogens with zero attached hydrogens (tertiary/aromatic N) is 3. The zero-order chi connectivity index (χ0) is 17.7. The van der Waals surface area contributed by atoms with Gasteiger partial charge in [-0.1, -0.05) is 51.6 Å². The van der Waals surface area contributed by atoms with Crippen LogP contribution in [0.5, 0.6) is 0 Å². The Balaban J connectivity index is 1.89. The molecule has 0 atom stereocenters. The standard InChI is InChI=1S/C17H25N5OS/c1-5-6-14-20-21-16(22(14)18)24-11-15(23)19-13-9-7-12(8-10-13)17(2,3)4/h7-10H,5-6,11,18H2,1-4H3,(H,19,23). The highest BCUT2D eigenvalue weighted by atomic mass is 32.2. The molecule has 0 unspecified atom stereocenters. The number of benzene rings is 1. The van der Waals surface area contributed by atoms with Gasteiger partial charge in [0.05, 0.1) is 5.75 Å². The van der Waals surface area contributed by atoms with Crippen LogP contribution in [0.4, 0.5) is 5.69 Å². The summed E-state index contributed by atoms with van der Waals surface area (Å²) in [6.45, 7) is 8.53. The molecule has 0 fully saturated rings. The van der Waals surface area contributed by atoms with Gasteiger partial charge in [-0.3, -0.25) is 4.79 Å². The van der Waals surface area contributed by atoms with E-state index in [0.29, 0.717) is 5.16 Å². The van der Waals surface area contributed by atoms with E-state index in [1.54, 1.807) is 0 Å². The van der Waals surface area contributed by atoms with Crippen LogP contribution in [0.1, 0.15) is 45.5 Å². The van der Waals surface area contributed by atoms with Crippen molar-refractivity contribution >= 4 is 23.4 Å². The molecule has 2 rings (SSSR count). The molecule has 3 N–H and O–H groups in total. The molecule has 130 valence electrons. The van der Waals surface area contributed by atoms with Crippen LogP contribution in [-0.2, 0) is 16.6 Å². The molecule has 24 heavy (non-hydrogen) atoms. The van der Waals surface area contributed by atoms with Crippen LogP contribution in [0, 0.1) is 0 Å². The summed E-state index contributed by atoms with van der Waals surface area (Å²) < 4.78 is 1.46. The second-order valence-electron chi connectivity index (χ2n) is 6.68. The maximum Gasteiger partial charge on any atom is 0.234 e. The van der Waals surface area contributed by atoms with Crippen molar-refractivity contribution in [1.82, 2.24) is 14.9 Å². The summed E-state index contributed by atoms with van der Waals surface area (Å²) in [6, 6.07) is 7.93. The van der Waals surface area contributed by atoms with E-state index in [1.165, 1.54) is 22.0 Å². The summed E-state index contributed by atoms with van der Waals surface area (Å²) in [5.74, 6) is 6.80. The first-order valence-corrected chi connectivity index (χ1v) is 9.02. The number of aryl methyl sites for hydroxylation is 1. The number of amides is 1. The molecule has 0 radical (unpaired) electrons. The monoisotopic (exact) mass is 347 g/mol. The second-order valence-corrected chi connectivity index (χ2v) is 7.63. The molecule has 1 aromatic carbocycles. The number of nitrogen functional groups attached to an aromatic ring is 1. The number of rotatable bonds is 6. The third-order valence-corrected chi connectivity index (χ3v) is 4.52. The van der Waals surface area contributed by atoms with E-state index < -0.39 is 0 Å². The van der Waals surface area contributed by atoms with Crippen LogP contribution < -0.4 is 11.2 Å². The molecule has 6 nitrogen and oxygen atoms in total. The van der Waals surface area contributed by atoms with Gasteiger partial charge in [0.15, 0.2) is 5.82 Å². The number of carbonyl (C=O) groups excluding carboxylic acids is 1. The van der Waals surface area contributed by atoms with E-state index in [4.69, 9.17) is 5.84 Å². The summed E-state index contributed by atoms with van der Waals surface area (Å²) in [7, 11) is 0. The molecule has 1 aromatic heterocycles. The van der Waals surface area contributed by atoms with Gasteiger partial charge in [0, 0.05) is 12.1 Å². The Hall–Kier alpha value is -2.02. The number of nitrogens with two attached hydrogens (primary N) is 1. The lowest BCUT2D eigenvalue weighted by molar-refractivity contribution is -0.113. The highest BCUT2D eigenvalue weighted by Crippen LogP contribution is 2.23. The normalized spacial score (nSPS) is 11.5. The zero-order valence-corrected chi connectivity index (χ0v) is 15.5. The van der Waals surface area contributed by atoms with Crippen LogP contribution >= 0.6 is 11.8 Å². The Morgan fingerprint density at radius 1 is 1.25 bits per heavy atom. The van der Waals surface area contributed by atoms with Crippen molar-refractivity contribution in [2.24, 2.45) is 0 Å². The number of thioether (sulfide) groups is 1. The first-order chi connectivity index (χ1) is 11.3. The molecule has 0 aliphatic heterocycles. The molecule has 0 aliphatic carbocycles. The highest BCUT2D eigenvalue weighted by Gasteiger charge is 2.14. The van der Waals surface area contributed by atoms with Gasteiger partial charge in [-0.2, -0.15) is 0 Å². The fourth-order valence-electron chi connectivity index (χ4n) is 2.18. The molecule has 1 heterocycles. The molecule has 1 amide bonds. The summed E-state index contributed by atoms with van der Waals surface area (Å²) in [6.07, 6.45) is 1.72. The van der Waals surface area contributed by atoms with Crippen molar-refractivity contribution < 1.29 is 4.79 Å². The Labute approximate surface area is 147 Å². The van der Waals surface area contributed by atoms with Gasteiger partial charge in [0.2, 0.25) is 11.1 Å². The van der Waals surface area contributed by atoms with Gasteiger partial charge in [-0.05, 0) is 29.5 Å². The van der Waals surface area contributed by atoms with E-state index in [2.05, 4.69) is 43.2 Å². The Kier molecular flexibility index (Phi) is 5.88. The first kappa shape index (κ1) is 18.3. The molecular weight excluding hydrogens is 322 g/mol. The Bertz CT molecular complexity index is 688. The molecule has 7 heteroatoms. The number of hydrogen-bond acceptors (Lipinski definition) is 5. The van der Waals surface area contributed by atoms with Gasteiger partial charge < -0.3 is 11.2 Å². The number of aromatic nitrogens is 3. The van der Waals surface area contributed by atoms with Crippen molar-refractivity contribution in [1.29, 1.82) is 0 Å². The predicted molar refractivity (Wildman–Crippen MR) is 98.7 cm³/mol. The summed E-state index contributed by atoms with van der Waals surface area (Å²) >= 11 is 1.28. The van der Waals surface area contributed by atoms with Crippen LogP contribution in [0.25, 0.3) is 0 Å². The van der Waals surface area contributed by atoms with Crippen molar-refractivity contribution in [2.75, 3.05) is 16.9 Å². The predicted octanol–water partition coefficient (Wildman–Crippen LogP) is 2.97. The summed E-state index contributed by atoms with van der Waals surface area (Å²) in [5.41, 5.74) is 2.11. The van der Waals surface area contributed by atoms with Crippen molar-refractivity contribution in [2.45, 2.75) is 51.1 Å². The number of nitrogens with one attached hydrogen (secondary N) is 1. The summed E-state index contributed by atoms with van der Waals surface area (Å²) in [5, 5.41) is 11.5. The minimum Gasteiger partial charge on any atom is -0.336 e. The minimum atomic E-state index is -0.0939. The maximum atomic E-state index is 12.1. The topological polar surface area (TPSA) is 85.8 Å². The lowest BCUT2D eigenvalue weighted by Crippen LogP contribution is -2.17. The molecule has 0 spiro atoms. The smallest absolute Gasteiger partial charge is 0.234 e. The fraction of sp³-hybridized carbons (Fsp3) is 0.471. The van der Waals surface area contributed by atoms with Gasteiger partial charge >= 0.3 is 0 Å². The second kappa shape index (κ2) is 7.70. The molecule has 2 aromatic rings. The van der Waals surface area contributed by atoms with E-state index in [0.717, 1.165) is 24.4 Å². The highest BCUT2D eigenvalue weighted by molar-refractivity contribution is 7.99. The molecule has 0 saturated carbocycles. The number of anilines is 1. The Morgan fingerprint density at radius 3 is 2.50 bits per heavy atom. The minimum absolute atomic E-state index is 0.0939. The molecular formula is C17H25N5OS. The molecule has 0 aliphatic rings. The van der Waals surface area contributed by atoms with E-state index >= 15 is 0 Å². The largest absolute Gasteiger partial charge is 0.336 e. The first-order valence-electron chi connectivity index (χ1n) is 8.04. The van der Waals surface area contributed by atoms with E-state index in [-0.39, 0.29) is 17.1 Å². The number of hydrogen-bond donors (Lipinski definition) is 2. The number of carbonyl (C=O) groups is 1. The van der Waals surface area contributed by atoms with Gasteiger partial charge in [-0.25, -0.2) is 4.68 Å². The van der Waals surface area contributed by atoms with Gasteiger partial charge in [-0.15, -0.1) is 10.2 Å². The SMILES string of the molecule is CCCc1nnc(SCC(=O)Nc2ccc(C(C)(C)C)cc2)n1N. The molecule has 0 bridgehead atoms. The van der Waals surface area contributed by atoms with Crippen molar-refractivity contribution in [3.05, 3.63) is 35.7 Å². The lowest BCUT2D eigenvalue weighted by atomic mass is 9.87. The van der Waals surface area contributed by atoms with Crippen LogP contribution in [0.15, 0.2) is 29.4 Å². The third-order valence-electron chi connectivity index (χ3n) is 3.58. The molecule has 0 saturated heterocycles. The van der Waals surface area contributed by atoms with Crippen LogP contribution in [0.2, 0.25) is 0 Å². The van der Waals surface area contributed by atoms with Crippen LogP contribution in [-0.4, -0.2) is 26.5 Å². The lowest BCUT2D eigenvalue weighted by Gasteiger charge is -2.19. The fourth-order valence-corrected chi connectivity index (χ4v) is 2.86. The van der Waals surface area contributed by atoms with Gasteiger partial charge in [0.25, 0.3) is 0 Å². The van der Waals surface area contributed by atoms with Crippen LogP contribution in [0.3, 0.4) is 0 Å². The summed E-state index contributed by atoms with van der Waals surface area (Å²) in [4.78, 5) is 12.1.